The molecule has 0 atom stereocenters. The van der Waals surface area contributed by atoms with Gasteiger partial charge in [0.15, 0.2) is 5.82 Å². The fourth-order valence-corrected chi connectivity index (χ4v) is 2.32. The van der Waals surface area contributed by atoms with Crippen molar-refractivity contribution in [3.63, 3.8) is 0 Å². The maximum Gasteiger partial charge on any atom is 0.165 e. The van der Waals surface area contributed by atoms with Gasteiger partial charge in [-0.05, 0) is 25.0 Å². The van der Waals surface area contributed by atoms with Crippen LogP contribution in [0.1, 0.15) is 25.1 Å². The number of anilines is 1. The first-order chi connectivity index (χ1) is 9.58. The highest BCUT2D eigenvalue weighted by molar-refractivity contribution is 5.66. The Hall–Kier alpha value is -2.10. The zero-order chi connectivity index (χ0) is 14.7. The number of phenolic OH excluding ortho intramolecular Hbond substituents is 1. The molecule has 0 bridgehead atoms. The van der Waals surface area contributed by atoms with Gasteiger partial charge in [-0.3, -0.25) is 0 Å². The fourth-order valence-electron chi connectivity index (χ4n) is 2.32. The topological polar surface area (TPSA) is 49.3 Å². The summed E-state index contributed by atoms with van der Waals surface area (Å²) in [5.74, 6) is 1.72. The number of benzene rings is 1. The Morgan fingerprint density at radius 2 is 1.75 bits per heavy atom. The summed E-state index contributed by atoms with van der Waals surface area (Å²) in [6.45, 7) is 4.21. The molecular formula is C16H21N3O. The molecule has 0 fully saturated rings. The van der Waals surface area contributed by atoms with Gasteiger partial charge in [0.05, 0.1) is 5.56 Å². The number of phenols is 1. The molecule has 0 aliphatic heterocycles. The Balaban J connectivity index is 2.67. The maximum atomic E-state index is 9.99. The largest absolute Gasteiger partial charge is 0.507 e. The van der Waals surface area contributed by atoms with E-state index in [2.05, 4.69) is 23.8 Å². The number of nitrogens with zero attached hydrogens (tertiary/aromatic N) is 3. The van der Waals surface area contributed by atoms with Crippen molar-refractivity contribution in [2.45, 2.75) is 26.7 Å². The molecule has 1 aromatic carbocycles. The van der Waals surface area contributed by atoms with Crippen molar-refractivity contribution in [1.29, 1.82) is 0 Å². The summed E-state index contributed by atoms with van der Waals surface area (Å²) < 4.78 is 0. The van der Waals surface area contributed by atoms with Gasteiger partial charge in [0.1, 0.15) is 11.6 Å². The Bertz CT molecular complexity index is 609. The van der Waals surface area contributed by atoms with Crippen LogP contribution in [0, 0.1) is 0 Å². The molecular weight excluding hydrogens is 250 g/mol. The zero-order valence-corrected chi connectivity index (χ0v) is 12.5. The molecule has 0 unspecified atom stereocenters. The Labute approximate surface area is 120 Å². The Morgan fingerprint density at radius 3 is 2.30 bits per heavy atom. The van der Waals surface area contributed by atoms with Gasteiger partial charge in [0, 0.05) is 25.4 Å². The second-order valence-electron chi connectivity index (χ2n) is 4.91. The van der Waals surface area contributed by atoms with E-state index in [1.54, 1.807) is 12.1 Å². The van der Waals surface area contributed by atoms with Crippen molar-refractivity contribution in [2.24, 2.45) is 0 Å². The standard InChI is InChI=1S/C16H21N3O/c1-5-11-13(6-2)17-15(18-16(11)19(3)4)12-9-7-8-10-14(12)20/h7-10,20H,5-6H2,1-4H3. The lowest BCUT2D eigenvalue weighted by Gasteiger charge is -2.19. The predicted octanol–water partition coefficient (Wildman–Crippen LogP) is 3.04. The average molecular weight is 271 g/mol. The molecule has 4 heteroatoms. The number of aromatic nitrogens is 2. The van der Waals surface area contributed by atoms with E-state index in [1.165, 1.54) is 5.56 Å². The molecule has 106 valence electrons. The van der Waals surface area contributed by atoms with Gasteiger partial charge in [0.2, 0.25) is 0 Å². The second kappa shape index (κ2) is 5.90. The lowest BCUT2D eigenvalue weighted by atomic mass is 10.1. The number of aryl methyl sites for hydroxylation is 1. The van der Waals surface area contributed by atoms with Gasteiger partial charge in [-0.25, -0.2) is 9.97 Å². The number of hydrogen-bond acceptors (Lipinski definition) is 4. The van der Waals surface area contributed by atoms with Gasteiger partial charge < -0.3 is 10.0 Å². The minimum absolute atomic E-state index is 0.212. The van der Waals surface area contributed by atoms with Crippen LogP contribution < -0.4 is 4.90 Å². The molecule has 1 heterocycles. The lowest BCUT2D eigenvalue weighted by Crippen LogP contribution is -2.16. The van der Waals surface area contributed by atoms with Crippen LogP contribution in [0.2, 0.25) is 0 Å². The van der Waals surface area contributed by atoms with Crippen LogP contribution in [-0.2, 0) is 12.8 Å². The van der Waals surface area contributed by atoms with E-state index in [0.717, 1.165) is 24.4 Å². The molecule has 0 aliphatic carbocycles. The van der Waals surface area contributed by atoms with Crippen LogP contribution in [0.25, 0.3) is 11.4 Å². The molecule has 0 saturated carbocycles. The summed E-state index contributed by atoms with van der Waals surface area (Å²) in [7, 11) is 3.96. The molecule has 0 spiro atoms. The molecule has 0 saturated heterocycles. The van der Waals surface area contributed by atoms with Gasteiger partial charge in [-0.2, -0.15) is 0 Å². The third-order valence-electron chi connectivity index (χ3n) is 3.33. The van der Waals surface area contributed by atoms with Gasteiger partial charge in [0.25, 0.3) is 0 Å². The van der Waals surface area contributed by atoms with Crippen molar-refractivity contribution < 1.29 is 5.11 Å². The predicted molar refractivity (Wildman–Crippen MR) is 82.2 cm³/mol. The third kappa shape index (κ3) is 2.59. The number of rotatable bonds is 4. The third-order valence-corrected chi connectivity index (χ3v) is 3.33. The molecule has 1 N–H and O–H groups in total. The lowest BCUT2D eigenvalue weighted by molar-refractivity contribution is 0.477. The van der Waals surface area contributed by atoms with Crippen LogP contribution in [0.4, 0.5) is 5.82 Å². The van der Waals surface area contributed by atoms with E-state index in [-0.39, 0.29) is 5.75 Å². The summed E-state index contributed by atoms with van der Waals surface area (Å²) in [6, 6.07) is 7.18. The van der Waals surface area contributed by atoms with Crippen molar-refractivity contribution in [3.05, 3.63) is 35.5 Å². The maximum absolute atomic E-state index is 9.99. The smallest absolute Gasteiger partial charge is 0.165 e. The summed E-state index contributed by atoms with van der Waals surface area (Å²) in [4.78, 5) is 11.3. The highest BCUT2D eigenvalue weighted by Gasteiger charge is 2.16. The SMILES string of the molecule is CCc1nc(-c2ccccc2O)nc(N(C)C)c1CC. The van der Waals surface area contributed by atoms with Crippen LogP contribution in [0.3, 0.4) is 0 Å². The summed E-state index contributed by atoms with van der Waals surface area (Å²) >= 11 is 0. The van der Waals surface area contributed by atoms with Gasteiger partial charge in [-0.1, -0.05) is 26.0 Å². The zero-order valence-electron chi connectivity index (χ0n) is 12.5. The highest BCUT2D eigenvalue weighted by atomic mass is 16.3. The van der Waals surface area contributed by atoms with Crippen LogP contribution >= 0.6 is 0 Å². The van der Waals surface area contributed by atoms with E-state index >= 15 is 0 Å². The van der Waals surface area contributed by atoms with Gasteiger partial charge >= 0.3 is 0 Å². The number of aromatic hydroxyl groups is 1. The second-order valence-corrected chi connectivity index (χ2v) is 4.91. The minimum Gasteiger partial charge on any atom is -0.507 e. The van der Waals surface area contributed by atoms with Crippen molar-refractivity contribution in [2.75, 3.05) is 19.0 Å². The van der Waals surface area contributed by atoms with Crippen molar-refractivity contribution in [1.82, 2.24) is 9.97 Å². The van der Waals surface area contributed by atoms with E-state index < -0.39 is 0 Å². The first kappa shape index (κ1) is 14.3. The molecule has 0 aliphatic rings. The quantitative estimate of drug-likeness (QED) is 0.928. The number of para-hydroxylation sites is 1. The van der Waals surface area contributed by atoms with Crippen LogP contribution in [-0.4, -0.2) is 29.2 Å². The van der Waals surface area contributed by atoms with E-state index in [9.17, 15) is 5.11 Å². The average Bonchev–Trinajstić information content (AvgIpc) is 2.46. The summed E-state index contributed by atoms with van der Waals surface area (Å²) in [5, 5.41) is 9.99. The summed E-state index contributed by atoms with van der Waals surface area (Å²) in [5.41, 5.74) is 2.90. The molecule has 0 radical (unpaired) electrons. The minimum atomic E-state index is 0.212. The van der Waals surface area contributed by atoms with E-state index in [4.69, 9.17) is 0 Å². The van der Waals surface area contributed by atoms with Gasteiger partial charge in [-0.15, -0.1) is 0 Å². The van der Waals surface area contributed by atoms with Crippen molar-refractivity contribution >= 4 is 5.82 Å². The fraction of sp³-hybridized carbons (Fsp3) is 0.375. The first-order valence-electron chi connectivity index (χ1n) is 6.93. The van der Waals surface area contributed by atoms with Crippen LogP contribution in [0.15, 0.2) is 24.3 Å². The number of hydrogen-bond donors (Lipinski definition) is 1. The molecule has 4 nitrogen and oxygen atoms in total. The molecule has 0 amide bonds. The molecule has 20 heavy (non-hydrogen) atoms. The molecule has 1 aromatic heterocycles. The van der Waals surface area contributed by atoms with E-state index in [0.29, 0.717) is 11.4 Å². The van der Waals surface area contributed by atoms with Crippen LogP contribution in [0.5, 0.6) is 5.75 Å². The monoisotopic (exact) mass is 271 g/mol. The normalized spacial score (nSPS) is 10.6. The van der Waals surface area contributed by atoms with Crippen molar-refractivity contribution in [3.8, 4) is 17.1 Å². The Kier molecular flexibility index (Phi) is 4.23. The van der Waals surface area contributed by atoms with E-state index in [1.807, 2.05) is 31.1 Å². The first-order valence-corrected chi connectivity index (χ1v) is 6.93. The Morgan fingerprint density at radius 1 is 1.05 bits per heavy atom. The molecule has 2 rings (SSSR count). The summed E-state index contributed by atoms with van der Waals surface area (Å²) in [6.07, 6.45) is 1.75. The highest BCUT2D eigenvalue weighted by Crippen LogP contribution is 2.29. The molecule has 2 aromatic rings.